The van der Waals surface area contributed by atoms with Gasteiger partial charge in [-0.1, -0.05) is 54.6 Å². The second-order valence-corrected chi connectivity index (χ2v) is 13.5. The SMILES string of the molecule is Cc1c(C)c(C)c(S(=O)(=O)c2ccc(I)cc2C(=O)N(N)[C@@H](Cc2ccc(-c3ccccc3)cc2)C(=O)O)c(C)c1C. The van der Waals surface area contributed by atoms with E-state index in [9.17, 15) is 23.1 Å². The van der Waals surface area contributed by atoms with Crippen molar-refractivity contribution in [2.45, 2.75) is 56.9 Å². The molecule has 9 heteroatoms. The second-order valence-electron chi connectivity index (χ2n) is 10.4. The van der Waals surface area contributed by atoms with Crippen LogP contribution in [-0.2, 0) is 21.1 Å². The van der Waals surface area contributed by atoms with Crippen LogP contribution in [0.3, 0.4) is 0 Å². The van der Waals surface area contributed by atoms with E-state index in [1.807, 2.05) is 85.8 Å². The monoisotopic (exact) mass is 696 g/mol. The van der Waals surface area contributed by atoms with E-state index in [1.165, 1.54) is 12.1 Å². The van der Waals surface area contributed by atoms with Gasteiger partial charge in [0.15, 0.2) is 0 Å². The van der Waals surface area contributed by atoms with Crippen molar-refractivity contribution in [3.8, 4) is 11.1 Å². The molecule has 0 fully saturated rings. The Morgan fingerprint density at radius 3 is 1.88 bits per heavy atom. The van der Waals surface area contributed by atoms with Crippen molar-refractivity contribution in [3.05, 3.63) is 115 Å². The molecule has 4 aromatic rings. The average molecular weight is 697 g/mol. The lowest BCUT2D eigenvalue weighted by molar-refractivity contribution is -0.142. The highest BCUT2D eigenvalue weighted by molar-refractivity contribution is 14.1. The van der Waals surface area contributed by atoms with Crippen LogP contribution >= 0.6 is 22.6 Å². The number of hydrazine groups is 1. The van der Waals surface area contributed by atoms with Crippen molar-refractivity contribution in [3.63, 3.8) is 0 Å². The molecule has 0 saturated carbocycles. The predicted molar refractivity (Wildman–Crippen MR) is 172 cm³/mol. The molecule has 42 heavy (non-hydrogen) atoms. The molecular weight excluding hydrogens is 663 g/mol. The molecule has 0 aromatic heterocycles. The topological polar surface area (TPSA) is 118 Å². The number of carbonyl (C=O) groups excluding carboxylic acids is 1. The standard InChI is InChI=1S/C33H33IN2O5S/c1-19-20(2)22(4)31(23(5)21(19)3)42(40,41)30-16-15-27(34)18-28(30)32(37)36(35)29(33(38)39)17-24-11-13-26(14-12-24)25-9-7-6-8-10-25/h6-16,18,29H,17,35H2,1-5H3,(H,38,39)/t29-/m0/s1. The first kappa shape index (κ1) is 31.4. The normalized spacial score (nSPS) is 12.2. The van der Waals surface area contributed by atoms with Gasteiger partial charge < -0.3 is 5.11 Å². The van der Waals surface area contributed by atoms with Gasteiger partial charge in [-0.25, -0.2) is 19.1 Å². The first-order valence-corrected chi connectivity index (χ1v) is 15.9. The van der Waals surface area contributed by atoms with Gasteiger partial charge in [-0.05, 0) is 120 Å². The van der Waals surface area contributed by atoms with Gasteiger partial charge in [-0.3, -0.25) is 9.80 Å². The molecule has 3 N–H and O–H groups in total. The maximum Gasteiger partial charge on any atom is 0.328 e. The minimum atomic E-state index is -4.18. The molecule has 4 aromatic carbocycles. The Kier molecular flexibility index (Phi) is 9.24. The van der Waals surface area contributed by atoms with Gasteiger partial charge in [-0.15, -0.1) is 0 Å². The fourth-order valence-corrected chi connectivity index (χ4v) is 7.66. The highest BCUT2D eigenvalue weighted by atomic mass is 127. The number of nitrogens with two attached hydrogens (primary N) is 1. The van der Waals surface area contributed by atoms with Crippen molar-refractivity contribution in [1.82, 2.24) is 5.01 Å². The molecule has 7 nitrogen and oxygen atoms in total. The van der Waals surface area contributed by atoms with Crippen molar-refractivity contribution < 1.29 is 23.1 Å². The lowest BCUT2D eigenvalue weighted by atomic mass is 9.95. The first-order chi connectivity index (χ1) is 19.7. The Labute approximate surface area is 260 Å². The van der Waals surface area contributed by atoms with Gasteiger partial charge in [-0.2, -0.15) is 0 Å². The predicted octanol–water partition coefficient (Wildman–Crippen LogP) is 6.34. The van der Waals surface area contributed by atoms with E-state index in [0.717, 1.165) is 27.8 Å². The zero-order valence-corrected chi connectivity index (χ0v) is 27.1. The van der Waals surface area contributed by atoms with Gasteiger partial charge >= 0.3 is 5.97 Å². The number of carboxylic acids is 1. The Balaban J connectivity index is 1.72. The summed E-state index contributed by atoms with van der Waals surface area (Å²) in [6, 6.07) is 20.1. The molecule has 1 amide bonds. The third-order valence-electron chi connectivity index (χ3n) is 8.01. The number of hydrogen-bond donors (Lipinski definition) is 2. The summed E-state index contributed by atoms with van der Waals surface area (Å²) in [7, 11) is -4.18. The summed E-state index contributed by atoms with van der Waals surface area (Å²) in [4.78, 5) is 26.1. The van der Waals surface area contributed by atoms with E-state index >= 15 is 0 Å². The number of amides is 1. The van der Waals surface area contributed by atoms with E-state index in [1.54, 1.807) is 32.0 Å². The fraction of sp³-hybridized carbons (Fsp3) is 0.212. The summed E-state index contributed by atoms with van der Waals surface area (Å²) in [6.07, 6.45) is -0.0623. The molecule has 0 radical (unpaired) electrons. The van der Waals surface area contributed by atoms with E-state index in [2.05, 4.69) is 0 Å². The van der Waals surface area contributed by atoms with Crippen LogP contribution in [0.1, 0.15) is 43.7 Å². The van der Waals surface area contributed by atoms with E-state index in [-0.39, 0.29) is 21.8 Å². The van der Waals surface area contributed by atoms with Crippen LogP contribution in [0.15, 0.2) is 82.6 Å². The van der Waals surface area contributed by atoms with Crippen LogP contribution in [0.2, 0.25) is 0 Å². The summed E-state index contributed by atoms with van der Waals surface area (Å²) in [6.45, 7) is 9.22. The number of sulfone groups is 1. The summed E-state index contributed by atoms with van der Waals surface area (Å²) in [5.41, 5.74) is 6.43. The van der Waals surface area contributed by atoms with E-state index < -0.39 is 27.8 Å². The number of benzene rings is 4. The Bertz CT molecular complexity index is 1760. The van der Waals surface area contributed by atoms with Gasteiger partial charge in [0.2, 0.25) is 9.84 Å². The zero-order valence-electron chi connectivity index (χ0n) is 24.1. The van der Waals surface area contributed by atoms with Crippen LogP contribution < -0.4 is 5.84 Å². The molecule has 0 saturated heterocycles. The number of carbonyl (C=O) groups is 2. The molecular formula is C33H33IN2O5S. The van der Waals surface area contributed by atoms with Crippen molar-refractivity contribution in [2.24, 2.45) is 5.84 Å². The van der Waals surface area contributed by atoms with Crippen LogP contribution in [0, 0.1) is 38.2 Å². The van der Waals surface area contributed by atoms with Crippen LogP contribution in [0.4, 0.5) is 0 Å². The largest absolute Gasteiger partial charge is 0.480 e. The Morgan fingerprint density at radius 1 is 0.810 bits per heavy atom. The van der Waals surface area contributed by atoms with Gasteiger partial charge in [0.1, 0.15) is 6.04 Å². The van der Waals surface area contributed by atoms with E-state index in [4.69, 9.17) is 5.84 Å². The number of aliphatic carboxylic acids is 1. The third kappa shape index (κ3) is 5.99. The molecule has 0 unspecified atom stereocenters. The quantitative estimate of drug-likeness (QED) is 0.0961. The van der Waals surface area contributed by atoms with Gasteiger partial charge in [0, 0.05) is 9.99 Å². The molecule has 218 valence electrons. The van der Waals surface area contributed by atoms with Crippen molar-refractivity contribution in [1.29, 1.82) is 0 Å². The summed E-state index contributed by atoms with van der Waals surface area (Å²) < 4.78 is 28.9. The Hall–Kier alpha value is -3.54. The molecule has 0 aliphatic rings. The van der Waals surface area contributed by atoms with Crippen LogP contribution in [0.5, 0.6) is 0 Å². The zero-order chi connectivity index (χ0) is 30.9. The molecule has 0 spiro atoms. The number of halogens is 1. The minimum Gasteiger partial charge on any atom is -0.480 e. The van der Waals surface area contributed by atoms with E-state index in [0.29, 0.717) is 25.3 Å². The summed E-state index contributed by atoms with van der Waals surface area (Å²) in [5.74, 6) is 4.00. The number of nitrogens with zero attached hydrogens (tertiary/aromatic N) is 1. The Morgan fingerprint density at radius 2 is 1.33 bits per heavy atom. The lowest BCUT2D eigenvalue weighted by Crippen LogP contribution is -2.51. The molecule has 4 rings (SSSR count). The lowest BCUT2D eigenvalue weighted by Gasteiger charge is -2.26. The molecule has 0 aliphatic carbocycles. The maximum absolute atomic E-state index is 14.2. The highest BCUT2D eigenvalue weighted by Crippen LogP contribution is 2.35. The summed E-state index contributed by atoms with van der Waals surface area (Å²) >= 11 is 1.98. The molecule has 0 bridgehead atoms. The van der Waals surface area contributed by atoms with Crippen molar-refractivity contribution in [2.75, 3.05) is 0 Å². The highest BCUT2D eigenvalue weighted by Gasteiger charge is 2.34. The average Bonchev–Trinajstić information content (AvgIpc) is 2.97. The first-order valence-electron chi connectivity index (χ1n) is 13.3. The number of hydrogen-bond acceptors (Lipinski definition) is 5. The minimum absolute atomic E-state index is 0.0623. The van der Waals surface area contributed by atoms with Gasteiger partial charge in [0.25, 0.3) is 5.91 Å². The molecule has 0 heterocycles. The van der Waals surface area contributed by atoms with Gasteiger partial charge in [0.05, 0.1) is 15.4 Å². The second kappa shape index (κ2) is 12.4. The third-order valence-corrected chi connectivity index (χ3v) is 10.8. The van der Waals surface area contributed by atoms with Crippen molar-refractivity contribution >= 4 is 44.3 Å². The number of rotatable bonds is 8. The fourth-order valence-electron chi connectivity index (χ4n) is 5.15. The maximum atomic E-state index is 14.2. The smallest absolute Gasteiger partial charge is 0.328 e. The molecule has 0 aliphatic heterocycles. The number of carboxylic acid groups (broad SMARTS) is 1. The molecule has 1 atom stereocenters. The summed E-state index contributed by atoms with van der Waals surface area (Å²) in [5, 5.41) is 10.7. The van der Waals surface area contributed by atoms with Crippen LogP contribution in [-0.4, -0.2) is 36.5 Å². The van der Waals surface area contributed by atoms with Crippen LogP contribution in [0.25, 0.3) is 11.1 Å².